The summed E-state index contributed by atoms with van der Waals surface area (Å²) in [6.45, 7) is 4.67. The Balaban J connectivity index is 1.40. The van der Waals surface area contributed by atoms with E-state index in [4.69, 9.17) is 9.72 Å². The molecule has 9 nitrogen and oxygen atoms in total. The van der Waals surface area contributed by atoms with Gasteiger partial charge in [-0.05, 0) is 43.7 Å². The van der Waals surface area contributed by atoms with E-state index >= 15 is 0 Å². The predicted molar refractivity (Wildman–Crippen MR) is 136 cm³/mol. The maximum Gasteiger partial charge on any atom is 0.282 e. The molecule has 0 aliphatic carbocycles. The summed E-state index contributed by atoms with van der Waals surface area (Å²) in [5.74, 6) is 1.48. The van der Waals surface area contributed by atoms with Crippen molar-refractivity contribution in [1.82, 2.24) is 28.9 Å². The summed E-state index contributed by atoms with van der Waals surface area (Å²) in [7, 11) is -3.78. The molecule has 0 radical (unpaired) electrons. The van der Waals surface area contributed by atoms with Gasteiger partial charge < -0.3 is 4.74 Å². The topological polar surface area (TPSA) is 105 Å². The van der Waals surface area contributed by atoms with Crippen molar-refractivity contribution in [2.24, 2.45) is 0 Å². The van der Waals surface area contributed by atoms with E-state index in [1.54, 1.807) is 54.2 Å². The van der Waals surface area contributed by atoms with E-state index in [1.165, 1.54) is 6.20 Å². The molecule has 0 amide bonds. The molecule has 1 aliphatic rings. The molecule has 11 heteroatoms. The van der Waals surface area contributed by atoms with Crippen LogP contribution in [0, 0.1) is 0 Å². The lowest BCUT2D eigenvalue weighted by Gasteiger charge is -2.09. The van der Waals surface area contributed by atoms with Crippen LogP contribution in [0.5, 0.6) is 5.75 Å². The monoisotopic (exact) mass is 518 g/mol. The summed E-state index contributed by atoms with van der Waals surface area (Å²) < 4.78 is 34.8. The summed E-state index contributed by atoms with van der Waals surface area (Å²) in [4.78, 5) is 10.7. The van der Waals surface area contributed by atoms with E-state index in [-0.39, 0.29) is 10.9 Å². The minimum absolute atomic E-state index is 0.164. The number of fused-ring (bicyclic) bond motifs is 3. The van der Waals surface area contributed by atoms with Gasteiger partial charge in [0.15, 0.2) is 10.8 Å². The summed E-state index contributed by atoms with van der Waals surface area (Å²) in [5, 5.41) is 9.30. The van der Waals surface area contributed by atoms with Gasteiger partial charge in [0.25, 0.3) is 10.0 Å². The normalized spacial score (nSPS) is 13.2. The Bertz CT molecular complexity index is 1670. The molecule has 1 aliphatic heterocycles. The lowest BCUT2D eigenvalue weighted by atomic mass is 10.0. The zero-order chi connectivity index (χ0) is 24.9. The SMILES string of the molecule is CC(C)n1ncnc1-c1nc2c(s1)CCOc1ccc(-c3cnn(S(=O)(=O)c4ccccc4)c3)cc1-2. The molecule has 0 spiro atoms. The molecular weight excluding hydrogens is 496 g/mol. The first kappa shape index (κ1) is 22.6. The second-order valence-corrected chi connectivity index (χ2v) is 11.5. The van der Waals surface area contributed by atoms with Gasteiger partial charge in [0, 0.05) is 28.5 Å². The van der Waals surface area contributed by atoms with Crippen molar-refractivity contribution >= 4 is 21.4 Å². The van der Waals surface area contributed by atoms with Gasteiger partial charge in [0.05, 0.1) is 29.6 Å². The first-order chi connectivity index (χ1) is 17.4. The average molecular weight is 519 g/mol. The molecule has 5 aromatic rings. The van der Waals surface area contributed by atoms with Crippen molar-refractivity contribution in [2.75, 3.05) is 6.61 Å². The first-order valence-corrected chi connectivity index (χ1v) is 13.7. The number of thiazole rings is 1. The molecule has 4 heterocycles. The largest absolute Gasteiger partial charge is 0.493 e. The molecule has 0 atom stereocenters. The van der Waals surface area contributed by atoms with Crippen LogP contribution in [0.25, 0.3) is 33.2 Å². The Hall–Kier alpha value is -3.83. The van der Waals surface area contributed by atoms with E-state index in [0.717, 1.165) is 48.8 Å². The Morgan fingerprint density at radius 1 is 1.06 bits per heavy atom. The van der Waals surface area contributed by atoms with Crippen molar-refractivity contribution in [3.8, 4) is 39.0 Å². The van der Waals surface area contributed by atoms with Crippen LogP contribution in [-0.4, -0.2) is 44.0 Å². The van der Waals surface area contributed by atoms with E-state index in [0.29, 0.717) is 12.2 Å². The Kier molecular flexibility index (Phi) is 5.45. The average Bonchev–Trinajstić information content (AvgIpc) is 3.63. The fourth-order valence-corrected chi connectivity index (χ4v) is 6.35. The van der Waals surface area contributed by atoms with Crippen LogP contribution in [-0.2, 0) is 16.4 Å². The molecule has 0 saturated carbocycles. The highest BCUT2D eigenvalue weighted by Gasteiger charge is 2.24. The molecular formula is C25H22N6O3S2. The van der Waals surface area contributed by atoms with Crippen LogP contribution < -0.4 is 4.74 Å². The third-order valence-electron chi connectivity index (χ3n) is 5.95. The molecule has 0 fully saturated rings. The van der Waals surface area contributed by atoms with Crippen LogP contribution in [0.15, 0.2) is 72.1 Å². The standard InChI is InChI=1S/C25H22N6O3S2/c1-16(2)31-24(26-15-28-31)25-29-23-20-12-17(8-9-21(20)34-11-10-22(23)35-25)18-13-27-30(14-18)36(32,33)19-6-4-3-5-7-19/h3-9,12-16H,10-11H2,1-2H3. The van der Waals surface area contributed by atoms with Crippen molar-refractivity contribution in [1.29, 1.82) is 0 Å². The van der Waals surface area contributed by atoms with Crippen LogP contribution in [0.4, 0.5) is 0 Å². The molecule has 0 unspecified atom stereocenters. The number of nitrogens with zero attached hydrogens (tertiary/aromatic N) is 6. The third-order valence-corrected chi connectivity index (χ3v) is 8.62. The van der Waals surface area contributed by atoms with Gasteiger partial charge in [-0.3, -0.25) is 0 Å². The Labute approximate surface area is 212 Å². The molecule has 0 N–H and O–H groups in total. The summed E-state index contributed by atoms with van der Waals surface area (Å²) >= 11 is 1.60. The maximum absolute atomic E-state index is 13.0. The van der Waals surface area contributed by atoms with E-state index in [1.807, 2.05) is 22.9 Å². The van der Waals surface area contributed by atoms with Gasteiger partial charge in [-0.2, -0.15) is 22.7 Å². The van der Waals surface area contributed by atoms with Crippen LogP contribution in [0.1, 0.15) is 24.8 Å². The number of hydrogen-bond acceptors (Lipinski definition) is 8. The van der Waals surface area contributed by atoms with Gasteiger partial charge in [-0.1, -0.05) is 24.3 Å². The zero-order valence-corrected chi connectivity index (χ0v) is 21.2. The highest BCUT2D eigenvalue weighted by molar-refractivity contribution is 7.89. The number of rotatable bonds is 5. The molecule has 0 saturated heterocycles. The molecule has 2 aromatic carbocycles. The Morgan fingerprint density at radius 2 is 1.89 bits per heavy atom. The zero-order valence-electron chi connectivity index (χ0n) is 19.6. The first-order valence-electron chi connectivity index (χ1n) is 11.4. The summed E-state index contributed by atoms with van der Waals surface area (Å²) in [5.41, 5.74) is 3.21. The maximum atomic E-state index is 13.0. The number of aromatic nitrogens is 6. The second-order valence-electron chi connectivity index (χ2n) is 8.64. The van der Waals surface area contributed by atoms with Gasteiger partial charge >= 0.3 is 0 Å². The molecule has 36 heavy (non-hydrogen) atoms. The lowest BCUT2D eigenvalue weighted by molar-refractivity contribution is 0.327. The minimum atomic E-state index is -3.78. The Morgan fingerprint density at radius 3 is 2.69 bits per heavy atom. The lowest BCUT2D eigenvalue weighted by Crippen LogP contribution is -2.13. The fourth-order valence-electron chi connectivity index (χ4n) is 4.17. The van der Waals surface area contributed by atoms with Gasteiger partial charge in [0.2, 0.25) is 0 Å². The second kappa shape index (κ2) is 8.68. The molecule has 182 valence electrons. The highest BCUT2D eigenvalue weighted by atomic mass is 32.2. The summed E-state index contributed by atoms with van der Waals surface area (Å²) in [6, 6.07) is 14.2. The molecule has 0 bridgehead atoms. The van der Waals surface area contributed by atoms with Gasteiger partial charge in [0.1, 0.15) is 12.1 Å². The highest BCUT2D eigenvalue weighted by Crippen LogP contribution is 2.41. The van der Waals surface area contributed by atoms with Gasteiger partial charge in [-0.15, -0.1) is 11.3 Å². The number of hydrogen-bond donors (Lipinski definition) is 0. The van der Waals surface area contributed by atoms with E-state index in [9.17, 15) is 8.42 Å². The van der Waals surface area contributed by atoms with Crippen molar-refractivity contribution in [2.45, 2.75) is 31.2 Å². The van der Waals surface area contributed by atoms with Crippen molar-refractivity contribution < 1.29 is 13.2 Å². The van der Waals surface area contributed by atoms with Crippen molar-refractivity contribution in [3.63, 3.8) is 0 Å². The van der Waals surface area contributed by atoms with E-state index < -0.39 is 10.0 Å². The smallest absolute Gasteiger partial charge is 0.282 e. The van der Waals surface area contributed by atoms with E-state index in [2.05, 4.69) is 29.0 Å². The fraction of sp³-hybridized carbons (Fsp3) is 0.200. The van der Waals surface area contributed by atoms with Gasteiger partial charge in [-0.25, -0.2) is 14.6 Å². The molecule has 3 aromatic heterocycles. The molecule has 6 rings (SSSR count). The minimum Gasteiger partial charge on any atom is -0.493 e. The van der Waals surface area contributed by atoms with Crippen molar-refractivity contribution in [3.05, 3.63) is 72.1 Å². The van der Waals surface area contributed by atoms with Crippen LogP contribution >= 0.6 is 11.3 Å². The third kappa shape index (κ3) is 3.80. The quantitative estimate of drug-likeness (QED) is 0.332. The predicted octanol–water partition coefficient (Wildman–Crippen LogP) is 4.68. The number of ether oxygens (including phenoxy) is 1. The van der Waals surface area contributed by atoms with Crippen LogP contribution in [0.2, 0.25) is 0 Å². The summed E-state index contributed by atoms with van der Waals surface area (Å²) in [6.07, 6.45) is 5.37. The van der Waals surface area contributed by atoms with Crippen LogP contribution in [0.3, 0.4) is 0 Å². The number of benzene rings is 2.